The van der Waals surface area contributed by atoms with Crippen LogP contribution in [0.25, 0.3) is 22.2 Å². The number of nitrogens with one attached hydrogen (secondary N) is 3. The van der Waals surface area contributed by atoms with Gasteiger partial charge in [-0.25, -0.2) is 8.42 Å². The highest BCUT2D eigenvalue weighted by Crippen LogP contribution is 2.26. The van der Waals surface area contributed by atoms with E-state index in [9.17, 15) is 18.0 Å². The number of hydrogen-bond acceptors (Lipinski definition) is 4. The van der Waals surface area contributed by atoms with Gasteiger partial charge >= 0.3 is 11.1 Å². The van der Waals surface area contributed by atoms with Gasteiger partial charge in [0.05, 0.1) is 15.9 Å². The molecule has 8 heteroatoms. The largest absolute Gasteiger partial charge is 0.316 e. The van der Waals surface area contributed by atoms with Gasteiger partial charge in [0.15, 0.2) is 0 Å². The van der Waals surface area contributed by atoms with Crippen molar-refractivity contribution in [1.82, 2.24) is 9.97 Å². The lowest BCUT2D eigenvalue weighted by molar-refractivity contribution is 0.600. The van der Waals surface area contributed by atoms with Gasteiger partial charge in [0.25, 0.3) is 10.0 Å². The highest BCUT2D eigenvalue weighted by atomic mass is 32.2. The summed E-state index contributed by atoms with van der Waals surface area (Å²) in [5, 5.41) is 0. The third kappa shape index (κ3) is 3.65. The van der Waals surface area contributed by atoms with E-state index in [4.69, 9.17) is 0 Å². The number of rotatable bonds is 4. The summed E-state index contributed by atoms with van der Waals surface area (Å²) >= 11 is 0. The summed E-state index contributed by atoms with van der Waals surface area (Å²) in [6, 6.07) is 17.9. The van der Waals surface area contributed by atoms with E-state index in [0.29, 0.717) is 16.8 Å². The molecule has 0 radical (unpaired) electrons. The molecular formula is C22H19N3O4S. The Kier molecular flexibility index (Phi) is 4.79. The molecule has 0 aliphatic heterocycles. The first-order chi connectivity index (χ1) is 14.2. The Labute approximate surface area is 172 Å². The highest BCUT2D eigenvalue weighted by Gasteiger charge is 2.19. The molecular weight excluding hydrogens is 402 g/mol. The number of anilines is 1. The normalized spacial score (nSPS) is 11.5. The maximum absolute atomic E-state index is 13.0. The molecule has 4 aromatic rings. The molecule has 0 saturated carbocycles. The molecule has 3 aromatic carbocycles. The summed E-state index contributed by atoms with van der Waals surface area (Å²) in [7, 11) is -3.91. The molecule has 0 aliphatic carbocycles. The highest BCUT2D eigenvalue weighted by molar-refractivity contribution is 7.92. The number of aromatic amines is 2. The Morgan fingerprint density at radius 1 is 0.767 bits per heavy atom. The molecule has 0 bridgehead atoms. The van der Waals surface area contributed by atoms with Gasteiger partial charge in [-0.1, -0.05) is 36.4 Å². The zero-order chi connectivity index (χ0) is 21.5. The molecule has 0 amide bonds. The summed E-state index contributed by atoms with van der Waals surface area (Å²) in [6.45, 7) is 3.64. The minimum absolute atomic E-state index is 0.0145. The van der Waals surface area contributed by atoms with Gasteiger partial charge in [-0.15, -0.1) is 0 Å². The van der Waals surface area contributed by atoms with Crippen molar-refractivity contribution in [3.63, 3.8) is 0 Å². The van der Waals surface area contributed by atoms with Gasteiger partial charge in [-0.05, 0) is 60.4 Å². The van der Waals surface area contributed by atoms with Crippen molar-refractivity contribution in [3.8, 4) is 11.1 Å². The minimum atomic E-state index is -3.91. The summed E-state index contributed by atoms with van der Waals surface area (Å²) in [4.78, 5) is 27.9. The van der Waals surface area contributed by atoms with Crippen LogP contribution in [0, 0.1) is 13.8 Å². The molecule has 0 aliphatic rings. The molecule has 0 unspecified atom stereocenters. The fraction of sp³-hybridized carbons (Fsp3) is 0.0909. The molecule has 4 rings (SSSR count). The van der Waals surface area contributed by atoms with Crippen molar-refractivity contribution in [3.05, 3.63) is 92.5 Å². The van der Waals surface area contributed by atoms with Crippen LogP contribution in [0.4, 0.5) is 5.69 Å². The molecule has 0 saturated heterocycles. The molecule has 152 valence electrons. The third-order valence-electron chi connectivity index (χ3n) is 4.90. The zero-order valence-electron chi connectivity index (χ0n) is 16.3. The van der Waals surface area contributed by atoms with E-state index in [1.54, 1.807) is 19.1 Å². The standard InChI is InChI=1S/C22H19N3O4S/c1-13-5-3-4-6-17(13)15-7-9-16(10-8-15)25-30(28,29)20-12-19-18(11-14(20)2)23-21(26)22(27)24-19/h3-12,25H,1-2H3,(H,23,26)(H,24,27). The second kappa shape index (κ2) is 7.31. The van der Waals surface area contributed by atoms with Gasteiger partial charge in [-0.2, -0.15) is 0 Å². The Hall–Kier alpha value is -3.65. The van der Waals surface area contributed by atoms with Crippen LogP contribution in [0.5, 0.6) is 0 Å². The van der Waals surface area contributed by atoms with Gasteiger partial charge in [0.2, 0.25) is 0 Å². The number of aromatic nitrogens is 2. The van der Waals surface area contributed by atoms with Crippen LogP contribution in [0.2, 0.25) is 0 Å². The van der Waals surface area contributed by atoms with Crippen LogP contribution in [0.3, 0.4) is 0 Å². The molecule has 1 heterocycles. The fourth-order valence-corrected chi connectivity index (χ4v) is 4.68. The lowest BCUT2D eigenvalue weighted by Crippen LogP contribution is -2.29. The molecule has 30 heavy (non-hydrogen) atoms. The average Bonchev–Trinajstić information content (AvgIpc) is 2.69. The molecule has 3 N–H and O–H groups in total. The number of benzene rings is 3. The summed E-state index contributed by atoms with van der Waals surface area (Å²) in [6.07, 6.45) is 0. The van der Waals surface area contributed by atoms with Crippen molar-refractivity contribution in [2.45, 2.75) is 18.7 Å². The smallest absolute Gasteiger partial charge is 0.314 e. The number of sulfonamides is 1. The zero-order valence-corrected chi connectivity index (χ0v) is 17.1. The van der Waals surface area contributed by atoms with Gasteiger partial charge in [0, 0.05) is 5.69 Å². The van der Waals surface area contributed by atoms with Crippen molar-refractivity contribution >= 4 is 26.7 Å². The molecule has 0 atom stereocenters. The predicted molar refractivity (Wildman–Crippen MR) is 117 cm³/mol. The van der Waals surface area contributed by atoms with Gasteiger partial charge in [-0.3, -0.25) is 14.3 Å². The Morgan fingerprint density at radius 2 is 1.37 bits per heavy atom. The van der Waals surface area contributed by atoms with Crippen LogP contribution in [0.15, 0.2) is 75.1 Å². The third-order valence-corrected chi connectivity index (χ3v) is 6.42. The van der Waals surface area contributed by atoms with E-state index in [1.165, 1.54) is 12.1 Å². The van der Waals surface area contributed by atoms with Crippen molar-refractivity contribution in [2.24, 2.45) is 0 Å². The number of hydrogen-bond donors (Lipinski definition) is 3. The monoisotopic (exact) mass is 421 g/mol. The number of fused-ring (bicyclic) bond motifs is 1. The van der Waals surface area contributed by atoms with E-state index >= 15 is 0 Å². The van der Waals surface area contributed by atoms with E-state index in [-0.39, 0.29) is 10.4 Å². The van der Waals surface area contributed by atoms with Crippen molar-refractivity contribution in [1.29, 1.82) is 0 Å². The summed E-state index contributed by atoms with van der Waals surface area (Å²) < 4.78 is 28.5. The van der Waals surface area contributed by atoms with E-state index in [2.05, 4.69) is 14.7 Å². The Bertz CT molecular complexity index is 1480. The maximum atomic E-state index is 13.0. The molecule has 0 fully saturated rings. The quantitative estimate of drug-likeness (QED) is 0.439. The van der Waals surface area contributed by atoms with E-state index in [0.717, 1.165) is 16.7 Å². The first kappa shape index (κ1) is 19.7. The lowest BCUT2D eigenvalue weighted by atomic mass is 10.0. The summed E-state index contributed by atoms with van der Waals surface area (Å²) in [5.41, 5.74) is 3.02. The van der Waals surface area contributed by atoms with E-state index < -0.39 is 21.1 Å². The lowest BCUT2D eigenvalue weighted by Gasteiger charge is -2.12. The van der Waals surface area contributed by atoms with Crippen LogP contribution < -0.4 is 15.8 Å². The first-order valence-corrected chi connectivity index (χ1v) is 10.7. The molecule has 1 aromatic heterocycles. The number of H-pyrrole nitrogens is 2. The average molecular weight is 421 g/mol. The van der Waals surface area contributed by atoms with Crippen LogP contribution >= 0.6 is 0 Å². The first-order valence-electron chi connectivity index (χ1n) is 9.20. The van der Waals surface area contributed by atoms with Crippen molar-refractivity contribution in [2.75, 3.05) is 4.72 Å². The minimum Gasteiger partial charge on any atom is -0.316 e. The Balaban J connectivity index is 1.68. The number of aryl methyl sites for hydroxylation is 2. The molecule has 0 spiro atoms. The topological polar surface area (TPSA) is 112 Å². The SMILES string of the molecule is Cc1ccccc1-c1ccc(NS(=O)(=O)c2cc3[nH]c(=O)c(=O)[nH]c3cc2C)cc1. The maximum Gasteiger partial charge on any atom is 0.314 e. The second-order valence-corrected chi connectivity index (χ2v) is 8.72. The van der Waals surface area contributed by atoms with E-state index in [1.807, 2.05) is 43.3 Å². The summed E-state index contributed by atoms with van der Waals surface area (Å²) in [5.74, 6) is 0. The molecule has 7 nitrogen and oxygen atoms in total. The van der Waals surface area contributed by atoms with Crippen LogP contribution in [-0.4, -0.2) is 18.4 Å². The van der Waals surface area contributed by atoms with Crippen LogP contribution in [-0.2, 0) is 10.0 Å². The van der Waals surface area contributed by atoms with Crippen molar-refractivity contribution < 1.29 is 8.42 Å². The second-order valence-electron chi connectivity index (χ2n) is 7.07. The Morgan fingerprint density at radius 3 is 2.00 bits per heavy atom. The van der Waals surface area contributed by atoms with Crippen LogP contribution in [0.1, 0.15) is 11.1 Å². The predicted octanol–water partition coefficient (Wildman–Crippen LogP) is 3.30. The van der Waals surface area contributed by atoms with Gasteiger partial charge < -0.3 is 9.97 Å². The van der Waals surface area contributed by atoms with Gasteiger partial charge in [0.1, 0.15) is 0 Å². The fourth-order valence-electron chi connectivity index (χ4n) is 3.37.